The normalized spacial score (nSPS) is 15.8. The van der Waals surface area contributed by atoms with Crippen LogP contribution in [0.4, 0.5) is 0 Å². The van der Waals surface area contributed by atoms with E-state index in [1.54, 1.807) is 0 Å². The molecule has 0 aromatic heterocycles. The highest BCUT2D eigenvalue weighted by atomic mass is 14.5. The van der Waals surface area contributed by atoms with Gasteiger partial charge in [0.15, 0.2) is 0 Å². The first-order chi connectivity index (χ1) is 17.0. The highest BCUT2D eigenvalue weighted by Gasteiger charge is 2.43. The molecule has 0 atom stereocenters. The summed E-state index contributed by atoms with van der Waals surface area (Å²) in [6.07, 6.45) is 11.4. The lowest BCUT2D eigenvalue weighted by atomic mass is 9.61. The third kappa shape index (κ3) is 3.96. The third-order valence-electron chi connectivity index (χ3n) is 7.70. The Bertz CT molecular complexity index is 1270. The molecule has 0 saturated heterocycles. The van der Waals surface area contributed by atoms with Gasteiger partial charge in [-0.2, -0.15) is 0 Å². The van der Waals surface area contributed by atoms with E-state index >= 15 is 0 Å². The molecule has 0 N–H and O–H groups in total. The molecule has 3 aromatic carbocycles. The second-order valence-corrected chi connectivity index (χ2v) is 10.4. The molecule has 0 nitrogen and oxygen atoms in total. The summed E-state index contributed by atoms with van der Waals surface area (Å²) in [7, 11) is 0. The summed E-state index contributed by atoms with van der Waals surface area (Å²) in [5, 5.41) is 0. The summed E-state index contributed by atoms with van der Waals surface area (Å²) < 4.78 is 0. The van der Waals surface area contributed by atoms with Crippen molar-refractivity contribution in [1.82, 2.24) is 0 Å². The monoisotopic (exact) mass is 456 g/mol. The maximum Gasteiger partial charge on any atom is 0.0676 e. The molecular formula is C35H36. The zero-order valence-electron chi connectivity index (χ0n) is 21.5. The van der Waals surface area contributed by atoms with Crippen LogP contribution in [0.15, 0.2) is 126 Å². The summed E-state index contributed by atoms with van der Waals surface area (Å²) in [5.41, 5.74) is 11.0. The number of hydrogen-bond acceptors (Lipinski definition) is 0. The minimum atomic E-state index is -0.361. The first kappa shape index (κ1) is 23.4. The minimum Gasteiger partial charge on any atom is -0.0801 e. The van der Waals surface area contributed by atoms with E-state index in [9.17, 15) is 0 Å². The van der Waals surface area contributed by atoms with Gasteiger partial charge in [-0.1, -0.05) is 137 Å². The highest BCUT2D eigenvalue weighted by Crippen LogP contribution is 2.52. The lowest BCUT2D eigenvalue weighted by molar-refractivity contribution is 0.673. The Hall–Kier alpha value is -3.38. The third-order valence-corrected chi connectivity index (χ3v) is 7.70. The Morgan fingerprint density at radius 3 is 1.69 bits per heavy atom. The maximum absolute atomic E-state index is 2.39. The summed E-state index contributed by atoms with van der Waals surface area (Å²) in [6.45, 7) is 9.29. The molecule has 0 fully saturated rings. The zero-order valence-corrected chi connectivity index (χ0v) is 21.5. The molecule has 0 spiro atoms. The number of benzene rings is 3. The van der Waals surface area contributed by atoms with Crippen LogP contribution in [-0.4, -0.2) is 0 Å². The van der Waals surface area contributed by atoms with Gasteiger partial charge in [0.1, 0.15) is 0 Å². The van der Waals surface area contributed by atoms with Crippen LogP contribution in [-0.2, 0) is 5.41 Å². The van der Waals surface area contributed by atoms with Crippen LogP contribution in [0.5, 0.6) is 0 Å². The molecule has 0 saturated carbocycles. The Morgan fingerprint density at radius 1 is 0.571 bits per heavy atom. The SMILES string of the molecule is CC(C)C1=C(c2ccccc2C(C2=C(C(C)C)C=CC2)(c2ccccc2)c2ccccc2)CC=C1. The van der Waals surface area contributed by atoms with Crippen LogP contribution in [0.2, 0.25) is 0 Å². The summed E-state index contributed by atoms with van der Waals surface area (Å²) in [6, 6.07) is 31.6. The molecule has 0 heteroatoms. The van der Waals surface area contributed by atoms with Crippen molar-refractivity contribution >= 4 is 5.57 Å². The molecule has 0 aliphatic heterocycles. The standard InChI is InChI=1S/C35H36/c1-25(2)29-20-13-22-31(29)32-19-11-12-23-34(32)35(27-15-7-5-8-16-27,28-17-9-6-10-18-28)33-24-14-21-30(33)26(3)4/h5-21,23,25-26H,22,24H2,1-4H3. The average Bonchev–Trinajstić information content (AvgIpc) is 3.57. The predicted octanol–water partition coefficient (Wildman–Crippen LogP) is 9.30. The quantitative estimate of drug-likeness (QED) is 0.311. The van der Waals surface area contributed by atoms with E-state index in [2.05, 4.69) is 137 Å². The fourth-order valence-corrected chi connectivity index (χ4v) is 6.20. The van der Waals surface area contributed by atoms with Crippen molar-refractivity contribution < 1.29 is 0 Å². The molecule has 2 aliphatic carbocycles. The van der Waals surface area contributed by atoms with Crippen LogP contribution in [0.3, 0.4) is 0 Å². The largest absolute Gasteiger partial charge is 0.0801 e. The van der Waals surface area contributed by atoms with Crippen LogP contribution < -0.4 is 0 Å². The van der Waals surface area contributed by atoms with E-state index in [-0.39, 0.29) is 5.41 Å². The molecule has 176 valence electrons. The number of hydrogen-bond donors (Lipinski definition) is 0. The first-order valence-corrected chi connectivity index (χ1v) is 13.1. The van der Waals surface area contributed by atoms with Crippen molar-refractivity contribution in [1.29, 1.82) is 0 Å². The number of allylic oxidation sites excluding steroid dienone is 8. The van der Waals surface area contributed by atoms with Crippen LogP contribution >= 0.6 is 0 Å². The Morgan fingerprint density at radius 2 is 1.09 bits per heavy atom. The van der Waals surface area contributed by atoms with E-state index in [0.717, 1.165) is 12.8 Å². The summed E-state index contributed by atoms with van der Waals surface area (Å²) in [4.78, 5) is 0. The van der Waals surface area contributed by atoms with Crippen LogP contribution in [0.1, 0.15) is 62.8 Å². The van der Waals surface area contributed by atoms with Gasteiger partial charge in [0.05, 0.1) is 5.41 Å². The average molecular weight is 457 g/mol. The smallest absolute Gasteiger partial charge is 0.0676 e. The molecule has 3 aromatic rings. The first-order valence-electron chi connectivity index (χ1n) is 13.1. The number of rotatable bonds is 7. The van der Waals surface area contributed by atoms with Crippen molar-refractivity contribution in [3.05, 3.63) is 148 Å². The fraction of sp³-hybridized carbons (Fsp3) is 0.257. The van der Waals surface area contributed by atoms with Gasteiger partial charge >= 0.3 is 0 Å². The van der Waals surface area contributed by atoms with Crippen LogP contribution in [0, 0.1) is 11.8 Å². The van der Waals surface area contributed by atoms with E-state index in [1.165, 1.54) is 44.5 Å². The molecule has 0 bridgehead atoms. The van der Waals surface area contributed by atoms with Crippen molar-refractivity contribution in [2.75, 3.05) is 0 Å². The molecule has 35 heavy (non-hydrogen) atoms. The summed E-state index contributed by atoms with van der Waals surface area (Å²) in [5.74, 6) is 0.958. The van der Waals surface area contributed by atoms with Gasteiger partial charge in [0.25, 0.3) is 0 Å². The zero-order chi connectivity index (χ0) is 24.4. The second-order valence-electron chi connectivity index (χ2n) is 10.4. The van der Waals surface area contributed by atoms with E-state index < -0.39 is 0 Å². The van der Waals surface area contributed by atoms with Crippen molar-refractivity contribution in [2.24, 2.45) is 11.8 Å². The van der Waals surface area contributed by atoms with Gasteiger partial charge < -0.3 is 0 Å². The van der Waals surface area contributed by atoms with Gasteiger partial charge in [-0.25, -0.2) is 0 Å². The minimum absolute atomic E-state index is 0.361. The van der Waals surface area contributed by atoms with Gasteiger partial charge in [0.2, 0.25) is 0 Å². The Labute approximate surface area is 211 Å². The van der Waals surface area contributed by atoms with Gasteiger partial charge in [-0.15, -0.1) is 0 Å². The fourth-order valence-electron chi connectivity index (χ4n) is 6.20. The molecule has 0 heterocycles. The second kappa shape index (κ2) is 9.70. The maximum atomic E-state index is 2.39. The Balaban J connectivity index is 1.93. The molecule has 0 amide bonds. The van der Waals surface area contributed by atoms with Gasteiger partial charge in [-0.05, 0) is 69.2 Å². The lowest BCUT2D eigenvalue weighted by Crippen LogP contribution is -2.34. The molecule has 5 rings (SSSR count). The highest BCUT2D eigenvalue weighted by molar-refractivity contribution is 5.80. The van der Waals surface area contributed by atoms with Gasteiger partial charge in [0, 0.05) is 0 Å². The van der Waals surface area contributed by atoms with Crippen molar-refractivity contribution in [3.8, 4) is 0 Å². The van der Waals surface area contributed by atoms with E-state index in [0.29, 0.717) is 11.8 Å². The van der Waals surface area contributed by atoms with Crippen molar-refractivity contribution in [3.63, 3.8) is 0 Å². The van der Waals surface area contributed by atoms with Crippen LogP contribution in [0.25, 0.3) is 5.57 Å². The Kier molecular flexibility index (Phi) is 6.48. The van der Waals surface area contributed by atoms with E-state index in [1.807, 2.05) is 0 Å². The van der Waals surface area contributed by atoms with Gasteiger partial charge in [-0.3, -0.25) is 0 Å². The lowest BCUT2D eigenvalue weighted by Gasteiger charge is -2.41. The van der Waals surface area contributed by atoms with Crippen molar-refractivity contribution in [2.45, 2.75) is 46.0 Å². The molecular weight excluding hydrogens is 420 g/mol. The topological polar surface area (TPSA) is 0 Å². The van der Waals surface area contributed by atoms with E-state index in [4.69, 9.17) is 0 Å². The molecule has 2 aliphatic rings. The molecule has 0 radical (unpaired) electrons. The predicted molar refractivity (Wildman–Crippen MR) is 150 cm³/mol. The summed E-state index contributed by atoms with van der Waals surface area (Å²) >= 11 is 0. The molecule has 0 unspecified atom stereocenters.